The van der Waals surface area contributed by atoms with Gasteiger partial charge in [-0.05, 0) is 53.9 Å². The Hall–Kier alpha value is -3.52. The van der Waals surface area contributed by atoms with Gasteiger partial charge in [-0.25, -0.2) is 4.98 Å². The summed E-state index contributed by atoms with van der Waals surface area (Å²) in [6, 6.07) is 21.0. The van der Waals surface area contributed by atoms with Crippen molar-refractivity contribution < 1.29 is 14.6 Å². The second kappa shape index (κ2) is 12.6. The molecule has 0 spiro atoms. The monoisotopic (exact) mass is 564 g/mol. The Morgan fingerprint density at radius 1 is 0.949 bits per heavy atom. The van der Waals surface area contributed by atoms with Crippen molar-refractivity contribution in [2.24, 2.45) is 0 Å². The van der Waals surface area contributed by atoms with Crippen molar-refractivity contribution in [2.75, 3.05) is 37.7 Å². The first-order valence-electron chi connectivity index (χ1n) is 12.9. The number of carbonyl (C=O) groups excluding carboxylic acids is 1. The summed E-state index contributed by atoms with van der Waals surface area (Å²) in [4.78, 5) is 21.9. The quantitative estimate of drug-likeness (QED) is 0.282. The number of benzene rings is 3. The zero-order chi connectivity index (χ0) is 27.2. The highest BCUT2D eigenvalue weighted by Crippen LogP contribution is 2.36. The summed E-state index contributed by atoms with van der Waals surface area (Å²) >= 11 is 12.0. The Labute approximate surface area is 238 Å². The zero-order valence-corrected chi connectivity index (χ0v) is 23.0. The van der Waals surface area contributed by atoms with Crippen molar-refractivity contribution >= 4 is 34.8 Å². The number of carbonyl (C=O) groups is 1. The molecule has 0 aliphatic carbocycles. The Kier molecular flexibility index (Phi) is 8.71. The SMILES string of the molecule is O=C(c1cccc2c1OCCN2Cc1cncn1Cc1ccc(Cl)cc1)N(CCO)CCc1ccc(Cl)cc1. The third kappa shape index (κ3) is 6.56. The highest BCUT2D eigenvalue weighted by Gasteiger charge is 2.27. The largest absolute Gasteiger partial charge is 0.489 e. The first-order chi connectivity index (χ1) is 19.0. The van der Waals surface area contributed by atoms with E-state index >= 15 is 0 Å². The molecule has 0 saturated heterocycles. The number of aliphatic hydroxyl groups excluding tert-OH is 1. The number of hydrogen-bond donors (Lipinski definition) is 1. The van der Waals surface area contributed by atoms with Crippen LogP contribution in [0.3, 0.4) is 0 Å². The summed E-state index contributed by atoms with van der Waals surface area (Å²) in [6.45, 7) is 3.06. The van der Waals surface area contributed by atoms with Crippen molar-refractivity contribution in [1.82, 2.24) is 14.5 Å². The van der Waals surface area contributed by atoms with Crippen LogP contribution in [0.15, 0.2) is 79.3 Å². The molecule has 1 amide bonds. The van der Waals surface area contributed by atoms with Crippen molar-refractivity contribution in [1.29, 1.82) is 0 Å². The lowest BCUT2D eigenvalue weighted by Gasteiger charge is -2.33. The van der Waals surface area contributed by atoms with E-state index in [0.29, 0.717) is 60.6 Å². The molecule has 1 aliphatic rings. The molecule has 9 heteroatoms. The van der Waals surface area contributed by atoms with Crippen LogP contribution in [0.4, 0.5) is 5.69 Å². The van der Waals surface area contributed by atoms with Crippen LogP contribution in [0.5, 0.6) is 5.75 Å². The van der Waals surface area contributed by atoms with Crippen molar-refractivity contribution in [2.45, 2.75) is 19.5 Å². The molecule has 1 aliphatic heterocycles. The molecule has 0 saturated carbocycles. The number of imidazole rings is 1. The van der Waals surface area contributed by atoms with Crippen molar-refractivity contribution in [3.05, 3.63) is 112 Å². The Bertz CT molecular complexity index is 1410. The van der Waals surface area contributed by atoms with Crippen LogP contribution in [0.1, 0.15) is 27.2 Å². The van der Waals surface area contributed by atoms with E-state index in [-0.39, 0.29) is 19.1 Å². The number of hydrogen-bond acceptors (Lipinski definition) is 5. The molecule has 0 radical (unpaired) electrons. The second-order valence-electron chi connectivity index (χ2n) is 9.46. The average Bonchev–Trinajstić information content (AvgIpc) is 3.39. The maximum atomic E-state index is 13.7. The number of aromatic nitrogens is 2. The van der Waals surface area contributed by atoms with Crippen LogP contribution < -0.4 is 9.64 Å². The molecule has 0 atom stereocenters. The summed E-state index contributed by atoms with van der Waals surface area (Å²) in [5, 5.41) is 11.1. The molecule has 2 heterocycles. The van der Waals surface area contributed by atoms with E-state index in [9.17, 15) is 9.90 Å². The first kappa shape index (κ1) is 27.1. The van der Waals surface area contributed by atoms with Gasteiger partial charge < -0.3 is 24.2 Å². The van der Waals surface area contributed by atoms with Crippen LogP contribution >= 0.6 is 23.2 Å². The van der Waals surface area contributed by atoms with Crippen LogP contribution in [0, 0.1) is 0 Å². The Morgan fingerprint density at radius 3 is 2.38 bits per heavy atom. The molecule has 0 fully saturated rings. The Balaban J connectivity index is 1.33. The molecular formula is C30H30Cl2N4O3. The lowest BCUT2D eigenvalue weighted by Crippen LogP contribution is -2.37. The van der Waals surface area contributed by atoms with E-state index < -0.39 is 0 Å². The molecule has 202 valence electrons. The standard InChI is InChI=1S/C30H30Cl2N4O3/c31-24-8-4-22(5-9-24)12-13-34(14-16-37)30(38)27-2-1-3-28-29(27)39-17-15-35(28)20-26-18-33-21-36(26)19-23-6-10-25(32)11-7-23/h1-11,18,21,37H,12-17,19-20H2. The third-order valence-corrected chi connectivity index (χ3v) is 7.34. The number of aliphatic hydroxyl groups is 1. The summed E-state index contributed by atoms with van der Waals surface area (Å²) in [5.41, 5.74) is 4.63. The number of fused-ring (bicyclic) bond motifs is 1. The van der Waals surface area contributed by atoms with Crippen LogP contribution in [0.25, 0.3) is 0 Å². The maximum absolute atomic E-state index is 13.7. The minimum atomic E-state index is -0.163. The van der Waals surface area contributed by atoms with Gasteiger partial charge >= 0.3 is 0 Å². The van der Waals surface area contributed by atoms with Gasteiger partial charge in [0.25, 0.3) is 5.91 Å². The minimum Gasteiger partial charge on any atom is -0.489 e. The maximum Gasteiger partial charge on any atom is 0.257 e. The molecular weight excluding hydrogens is 535 g/mol. The summed E-state index contributed by atoms with van der Waals surface area (Å²) in [7, 11) is 0. The van der Waals surface area contributed by atoms with E-state index in [2.05, 4.69) is 14.5 Å². The van der Waals surface area contributed by atoms with E-state index in [4.69, 9.17) is 27.9 Å². The zero-order valence-electron chi connectivity index (χ0n) is 21.5. The molecule has 1 aromatic heterocycles. The smallest absolute Gasteiger partial charge is 0.257 e. The van der Waals surface area contributed by atoms with Crippen LogP contribution in [0.2, 0.25) is 10.0 Å². The number of halogens is 2. The lowest BCUT2D eigenvalue weighted by atomic mass is 10.1. The molecule has 0 unspecified atom stereocenters. The number of nitrogens with zero attached hydrogens (tertiary/aromatic N) is 4. The van der Waals surface area contributed by atoms with E-state index in [1.165, 1.54) is 0 Å². The van der Waals surface area contributed by atoms with Gasteiger partial charge in [-0.15, -0.1) is 0 Å². The molecule has 3 aromatic carbocycles. The fourth-order valence-corrected chi connectivity index (χ4v) is 5.01. The summed E-state index contributed by atoms with van der Waals surface area (Å²) in [6.07, 6.45) is 4.36. The van der Waals surface area contributed by atoms with E-state index in [1.807, 2.05) is 73.2 Å². The molecule has 7 nitrogen and oxygen atoms in total. The summed E-state index contributed by atoms with van der Waals surface area (Å²) < 4.78 is 8.18. The minimum absolute atomic E-state index is 0.119. The molecule has 5 rings (SSSR count). The van der Waals surface area contributed by atoms with Gasteiger partial charge in [0.2, 0.25) is 0 Å². The van der Waals surface area contributed by atoms with Gasteiger partial charge in [0, 0.05) is 35.9 Å². The third-order valence-electron chi connectivity index (χ3n) is 6.83. The second-order valence-corrected chi connectivity index (χ2v) is 10.3. The van der Waals surface area contributed by atoms with Crippen LogP contribution in [-0.2, 0) is 19.5 Å². The van der Waals surface area contributed by atoms with Gasteiger partial charge in [-0.2, -0.15) is 0 Å². The molecule has 4 aromatic rings. The van der Waals surface area contributed by atoms with Gasteiger partial charge in [0.1, 0.15) is 6.61 Å². The van der Waals surface area contributed by atoms with Crippen molar-refractivity contribution in [3.63, 3.8) is 0 Å². The first-order valence-corrected chi connectivity index (χ1v) is 13.7. The lowest BCUT2D eigenvalue weighted by molar-refractivity contribution is 0.0719. The predicted molar refractivity (Wildman–Crippen MR) is 154 cm³/mol. The van der Waals surface area contributed by atoms with Gasteiger partial charge in [0.05, 0.1) is 43.0 Å². The van der Waals surface area contributed by atoms with Crippen molar-refractivity contribution in [3.8, 4) is 5.75 Å². The number of para-hydroxylation sites is 1. The highest BCUT2D eigenvalue weighted by molar-refractivity contribution is 6.30. The number of amides is 1. The molecule has 1 N–H and O–H groups in total. The average molecular weight is 566 g/mol. The van der Waals surface area contributed by atoms with Gasteiger partial charge in [-0.1, -0.05) is 53.5 Å². The van der Waals surface area contributed by atoms with Crippen LogP contribution in [-0.4, -0.2) is 58.3 Å². The molecule has 39 heavy (non-hydrogen) atoms. The van der Waals surface area contributed by atoms with E-state index in [1.54, 1.807) is 11.0 Å². The molecule has 0 bridgehead atoms. The topological polar surface area (TPSA) is 70.8 Å². The predicted octanol–water partition coefficient (Wildman–Crippen LogP) is 5.31. The Morgan fingerprint density at radius 2 is 1.67 bits per heavy atom. The van der Waals surface area contributed by atoms with E-state index in [0.717, 1.165) is 22.5 Å². The fraction of sp³-hybridized carbons (Fsp3) is 0.267. The number of rotatable bonds is 10. The highest BCUT2D eigenvalue weighted by atomic mass is 35.5. The normalized spacial score (nSPS) is 12.6. The van der Waals surface area contributed by atoms with Gasteiger partial charge in [-0.3, -0.25) is 4.79 Å². The summed E-state index contributed by atoms with van der Waals surface area (Å²) in [5.74, 6) is 0.413. The number of anilines is 1. The fourth-order valence-electron chi connectivity index (χ4n) is 4.76. The van der Waals surface area contributed by atoms with Gasteiger partial charge in [0.15, 0.2) is 5.75 Å². The number of ether oxygens (including phenoxy) is 1.